The van der Waals surface area contributed by atoms with Gasteiger partial charge in [0.15, 0.2) is 0 Å². The largest absolute Gasteiger partial charge is 0.344 e. The second kappa shape index (κ2) is 6.35. The third-order valence-electron chi connectivity index (χ3n) is 3.34. The fraction of sp³-hybridized carbons (Fsp3) is 0.429. The molecule has 0 bridgehead atoms. The number of nitrogens with one attached hydrogen (secondary N) is 1. The van der Waals surface area contributed by atoms with Crippen LogP contribution in [0.4, 0.5) is 4.39 Å². The summed E-state index contributed by atoms with van der Waals surface area (Å²) in [7, 11) is 0. The van der Waals surface area contributed by atoms with E-state index in [9.17, 15) is 14.0 Å². The Hall–Kier alpha value is -1.43. The van der Waals surface area contributed by atoms with Crippen LogP contribution in [0.5, 0.6) is 0 Å². The number of carbonyl (C=O) groups excluding carboxylic acids is 2. The number of halogens is 2. The van der Waals surface area contributed by atoms with Crippen molar-refractivity contribution in [2.75, 3.05) is 6.54 Å². The molecule has 0 radical (unpaired) electrons. The summed E-state index contributed by atoms with van der Waals surface area (Å²) in [5, 5.41) is 2.69. The van der Waals surface area contributed by atoms with Crippen LogP contribution in [0, 0.1) is 5.82 Å². The fourth-order valence-corrected chi connectivity index (χ4v) is 2.52. The zero-order valence-corrected chi connectivity index (χ0v) is 12.7. The smallest absolute Gasteiger partial charge is 0.245 e. The predicted molar refractivity (Wildman–Crippen MR) is 76.4 cm³/mol. The molecule has 2 rings (SSSR count). The molecule has 1 aromatic carbocycles. The molecule has 1 unspecified atom stereocenters. The second-order valence-electron chi connectivity index (χ2n) is 4.77. The van der Waals surface area contributed by atoms with E-state index in [-0.39, 0.29) is 30.6 Å². The van der Waals surface area contributed by atoms with Crippen LogP contribution >= 0.6 is 15.9 Å². The number of hydrogen-bond donors (Lipinski definition) is 1. The van der Waals surface area contributed by atoms with E-state index in [1.165, 1.54) is 6.07 Å². The molecule has 0 spiro atoms. The minimum absolute atomic E-state index is 0.135. The van der Waals surface area contributed by atoms with Crippen molar-refractivity contribution >= 4 is 27.7 Å². The summed E-state index contributed by atoms with van der Waals surface area (Å²) in [6.07, 6.45) is 0.782. The number of benzene rings is 1. The molecule has 20 heavy (non-hydrogen) atoms. The molecule has 1 N–H and O–H groups in total. The summed E-state index contributed by atoms with van der Waals surface area (Å²) in [6, 6.07) is 4.25. The third-order valence-corrected chi connectivity index (χ3v) is 3.83. The van der Waals surface area contributed by atoms with Crippen LogP contribution in [-0.4, -0.2) is 29.3 Å². The van der Waals surface area contributed by atoms with Gasteiger partial charge in [-0.15, -0.1) is 0 Å². The van der Waals surface area contributed by atoms with Gasteiger partial charge in [0.2, 0.25) is 11.8 Å². The first-order valence-electron chi connectivity index (χ1n) is 6.53. The van der Waals surface area contributed by atoms with E-state index in [0.717, 1.165) is 0 Å². The van der Waals surface area contributed by atoms with E-state index in [1.807, 2.05) is 6.92 Å². The van der Waals surface area contributed by atoms with Crippen molar-refractivity contribution in [2.24, 2.45) is 0 Å². The van der Waals surface area contributed by atoms with Crippen LogP contribution in [-0.2, 0) is 16.1 Å². The monoisotopic (exact) mass is 342 g/mol. The van der Waals surface area contributed by atoms with E-state index in [2.05, 4.69) is 21.2 Å². The molecule has 108 valence electrons. The van der Waals surface area contributed by atoms with Gasteiger partial charge in [-0.25, -0.2) is 4.39 Å². The van der Waals surface area contributed by atoms with Crippen molar-refractivity contribution in [3.8, 4) is 0 Å². The van der Waals surface area contributed by atoms with Gasteiger partial charge in [0.05, 0.1) is 0 Å². The zero-order chi connectivity index (χ0) is 14.7. The average molecular weight is 343 g/mol. The highest BCUT2D eigenvalue weighted by atomic mass is 79.9. The Morgan fingerprint density at radius 3 is 2.85 bits per heavy atom. The Bertz CT molecular complexity index is 536. The van der Waals surface area contributed by atoms with Gasteiger partial charge in [0, 0.05) is 29.5 Å². The first-order valence-corrected chi connectivity index (χ1v) is 7.32. The van der Waals surface area contributed by atoms with E-state index in [4.69, 9.17) is 0 Å². The molecule has 1 aliphatic rings. The van der Waals surface area contributed by atoms with E-state index in [1.54, 1.807) is 17.0 Å². The van der Waals surface area contributed by atoms with Gasteiger partial charge in [0.25, 0.3) is 0 Å². The highest BCUT2D eigenvalue weighted by molar-refractivity contribution is 9.10. The molecule has 1 aliphatic heterocycles. The van der Waals surface area contributed by atoms with E-state index in [0.29, 0.717) is 23.0 Å². The summed E-state index contributed by atoms with van der Waals surface area (Å²) in [5.41, 5.74) is 0.450. The molecule has 6 heteroatoms. The zero-order valence-electron chi connectivity index (χ0n) is 11.2. The van der Waals surface area contributed by atoms with Gasteiger partial charge in [0.1, 0.15) is 11.9 Å². The molecule has 0 saturated carbocycles. The molecule has 4 nitrogen and oxygen atoms in total. The lowest BCUT2D eigenvalue weighted by Gasteiger charge is -2.23. The van der Waals surface area contributed by atoms with Crippen molar-refractivity contribution in [1.82, 2.24) is 10.2 Å². The minimum atomic E-state index is -0.511. The molecule has 1 heterocycles. The highest BCUT2D eigenvalue weighted by Crippen LogP contribution is 2.18. The van der Waals surface area contributed by atoms with Gasteiger partial charge < -0.3 is 10.2 Å². The van der Waals surface area contributed by atoms with Crippen LogP contribution in [0.2, 0.25) is 0 Å². The fourth-order valence-electron chi connectivity index (χ4n) is 2.18. The summed E-state index contributed by atoms with van der Waals surface area (Å²) >= 11 is 3.20. The number of hydrogen-bond acceptors (Lipinski definition) is 2. The van der Waals surface area contributed by atoms with Crippen molar-refractivity contribution < 1.29 is 14.0 Å². The van der Waals surface area contributed by atoms with Crippen LogP contribution in [0.1, 0.15) is 25.3 Å². The SMILES string of the molecule is CCC1NC(=O)CCN(Cc2ccc(Br)cc2F)C1=O. The maximum Gasteiger partial charge on any atom is 0.245 e. The summed E-state index contributed by atoms with van der Waals surface area (Å²) in [5.74, 6) is -0.645. The van der Waals surface area contributed by atoms with Gasteiger partial charge in [-0.1, -0.05) is 28.9 Å². The maximum absolute atomic E-state index is 13.8. The van der Waals surface area contributed by atoms with Crippen LogP contribution in [0.25, 0.3) is 0 Å². The Balaban J connectivity index is 2.18. The van der Waals surface area contributed by atoms with Gasteiger partial charge in [-0.05, 0) is 18.6 Å². The molecule has 1 atom stereocenters. The minimum Gasteiger partial charge on any atom is -0.344 e. The number of rotatable bonds is 3. The standard InChI is InChI=1S/C14H16BrFN2O2/c1-2-12-14(20)18(6-5-13(19)17-12)8-9-3-4-10(15)7-11(9)16/h3-4,7,12H,2,5-6,8H2,1H3,(H,17,19). The molecular weight excluding hydrogens is 327 g/mol. The summed E-state index contributed by atoms with van der Waals surface area (Å²) < 4.78 is 14.5. The molecule has 1 aromatic rings. The number of carbonyl (C=O) groups is 2. The summed E-state index contributed by atoms with van der Waals surface area (Å²) in [6.45, 7) is 2.34. The predicted octanol–water partition coefficient (Wildman–Crippen LogP) is 2.22. The number of amides is 2. The van der Waals surface area contributed by atoms with Gasteiger partial charge in [-0.3, -0.25) is 9.59 Å². The Morgan fingerprint density at radius 2 is 2.20 bits per heavy atom. The van der Waals surface area contributed by atoms with Crippen LogP contribution in [0.3, 0.4) is 0 Å². The van der Waals surface area contributed by atoms with Crippen molar-refractivity contribution in [3.05, 3.63) is 34.1 Å². The lowest BCUT2D eigenvalue weighted by molar-refractivity contribution is -0.134. The van der Waals surface area contributed by atoms with Crippen molar-refractivity contribution in [1.29, 1.82) is 0 Å². The lowest BCUT2D eigenvalue weighted by Crippen LogP contribution is -2.44. The van der Waals surface area contributed by atoms with E-state index < -0.39 is 6.04 Å². The topological polar surface area (TPSA) is 49.4 Å². The Morgan fingerprint density at radius 1 is 1.45 bits per heavy atom. The van der Waals surface area contributed by atoms with Crippen LogP contribution < -0.4 is 5.32 Å². The molecular formula is C14H16BrFN2O2. The second-order valence-corrected chi connectivity index (χ2v) is 5.69. The molecule has 1 fully saturated rings. The maximum atomic E-state index is 13.8. The van der Waals surface area contributed by atoms with Crippen LogP contribution in [0.15, 0.2) is 22.7 Å². The normalized spacial score (nSPS) is 19.8. The number of nitrogens with zero attached hydrogens (tertiary/aromatic N) is 1. The lowest BCUT2D eigenvalue weighted by atomic mass is 10.1. The quantitative estimate of drug-likeness (QED) is 0.915. The first-order chi connectivity index (χ1) is 9.51. The highest BCUT2D eigenvalue weighted by Gasteiger charge is 2.28. The molecule has 2 amide bonds. The van der Waals surface area contributed by atoms with E-state index >= 15 is 0 Å². The van der Waals surface area contributed by atoms with Gasteiger partial charge >= 0.3 is 0 Å². The first kappa shape index (κ1) is 15.0. The van der Waals surface area contributed by atoms with Gasteiger partial charge in [-0.2, -0.15) is 0 Å². The molecule has 0 aromatic heterocycles. The Kier molecular flexibility index (Phi) is 4.75. The van der Waals surface area contributed by atoms with Crippen molar-refractivity contribution in [2.45, 2.75) is 32.4 Å². The molecule has 0 aliphatic carbocycles. The average Bonchev–Trinajstić information content (AvgIpc) is 2.54. The summed E-state index contributed by atoms with van der Waals surface area (Å²) in [4.78, 5) is 25.4. The Labute approximate surface area is 125 Å². The van der Waals surface area contributed by atoms with Crippen molar-refractivity contribution in [3.63, 3.8) is 0 Å². The molecule has 1 saturated heterocycles. The third kappa shape index (κ3) is 3.36.